The average molecular weight is 604 g/mol. The first-order valence-corrected chi connectivity index (χ1v) is 16.2. The van der Waals surface area contributed by atoms with E-state index >= 15 is 0 Å². The molecule has 1 aliphatic rings. The van der Waals surface area contributed by atoms with Gasteiger partial charge in [-0.15, -0.1) is 0 Å². The van der Waals surface area contributed by atoms with Crippen LogP contribution in [0.4, 0.5) is 5.82 Å². The molecule has 7 rings (SSSR count). The Morgan fingerprint density at radius 2 is 1.57 bits per heavy atom. The van der Waals surface area contributed by atoms with Gasteiger partial charge in [0, 0.05) is 78.6 Å². The second-order valence-corrected chi connectivity index (χ2v) is 13.0. The minimum atomic E-state index is -3.91. The molecule has 0 saturated carbocycles. The lowest BCUT2D eigenvalue weighted by atomic mass is 10.1. The highest BCUT2D eigenvalue weighted by atomic mass is 32.2. The molecule has 2 aromatic carbocycles. The molecule has 222 valence electrons. The summed E-state index contributed by atoms with van der Waals surface area (Å²) in [6, 6.07) is 23.1. The monoisotopic (exact) mass is 603 g/mol. The zero-order valence-electron chi connectivity index (χ0n) is 24.6. The van der Waals surface area contributed by atoms with Gasteiger partial charge in [0.1, 0.15) is 5.82 Å². The van der Waals surface area contributed by atoms with Crippen molar-refractivity contribution in [2.24, 2.45) is 0 Å². The lowest BCUT2D eigenvalue weighted by molar-refractivity contribution is 0.565. The Hall–Kier alpha value is -4.80. The molecule has 1 atom stereocenters. The van der Waals surface area contributed by atoms with Crippen molar-refractivity contribution >= 4 is 26.9 Å². The van der Waals surface area contributed by atoms with E-state index in [2.05, 4.69) is 34.4 Å². The number of aromatic nitrogens is 5. The van der Waals surface area contributed by atoms with E-state index in [1.54, 1.807) is 42.9 Å². The van der Waals surface area contributed by atoms with E-state index in [-0.39, 0.29) is 10.9 Å². The number of rotatable bonds is 7. The van der Waals surface area contributed by atoms with Gasteiger partial charge in [-0.25, -0.2) is 22.4 Å². The van der Waals surface area contributed by atoms with Crippen LogP contribution in [0.3, 0.4) is 0 Å². The van der Waals surface area contributed by atoms with Gasteiger partial charge in [0.25, 0.3) is 10.0 Å². The maximum Gasteiger partial charge on any atom is 0.269 e. The summed E-state index contributed by atoms with van der Waals surface area (Å²) < 4.78 is 31.0. The van der Waals surface area contributed by atoms with Gasteiger partial charge in [-0.2, -0.15) is 5.10 Å². The lowest BCUT2D eigenvalue weighted by Crippen LogP contribution is -2.43. The summed E-state index contributed by atoms with van der Waals surface area (Å²) >= 11 is 0. The molecule has 1 N–H and O–H groups in total. The lowest BCUT2D eigenvalue weighted by Gasteiger charge is -2.28. The van der Waals surface area contributed by atoms with Crippen molar-refractivity contribution in [2.75, 3.05) is 31.1 Å². The second-order valence-electron chi connectivity index (χ2n) is 11.2. The fourth-order valence-corrected chi connectivity index (χ4v) is 7.01. The molecule has 44 heavy (non-hydrogen) atoms. The average Bonchev–Trinajstić information content (AvgIpc) is 3.71. The van der Waals surface area contributed by atoms with Crippen LogP contribution in [0.1, 0.15) is 24.1 Å². The third-order valence-electron chi connectivity index (χ3n) is 8.30. The van der Waals surface area contributed by atoms with Gasteiger partial charge in [0.05, 0.1) is 17.1 Å². The first-order valence-electron chi connectivity index (χ1n) is 14.7. The van der Waals surface area contributed by atoms with Crippen LogP contribution in [0, 0.1) is 6.92 Å². The molecule has 9 nitrogen and oxygen atoms in total. The van der Waals surface area contributed by atoms with E-state index in [1.165, 1.54) is 3.97 Å². The summed E-state index contributed by atoms with van der Waals surface area (Å²) in [7, 11) is -3.91. The molecule has 0 spiro atoms. The van der Waals surface area contributed by atoms with Crippen LogP contribution in [0.5, 0.6) is 0 Å². The number of anilines is 1. The molecule has 0 amide bonds. The smallest absolute Gasteiger partial charge is 0.269 e. The summed E-state index contributed by atoms with van der Waals surface area (Å²) in [4.78, 5) is 11.9. The molecule has 1 saturated heterocycles. The maximum atomic E-state index is 13.9. The summed E-state index contributed by atoms with van der Waals surface area (Å²) in [5.74, 6) is 0.945. The van der Waals surface area contributed by atoms with Crippen molar-refractivity contribution in [1.29, 1.82) is 0 Å². The molecule has 1 unspecified atom stereocenters. The van der Waals surface area contributed by atoms with E-state index < -0.39 is 10.0 Å². The molecule has 0 bridgehead atoms. The SMILES string of the molecule is Cc1ccc(S(=O)(=O)n2cc(-c3cnn(C(C)c4ccccc4)c3)c3cc(-c4ccc(N5CCNCC5)nc4)cnc32)cc1. The Morgan fingerprint density at radius 1 is 0.818 bits per heavy atom. The topological polar surface area (TPSA) is 97.9 Å². The molecular formula is C34H33N7O2S. The summed E-state index contributed by atoms with van der Waals surface area (Å²) in [6.45, 7) is 7.74. The standard InChI is InChI=1S/C34H33N7O2S/c1-24-8-11-30(12-9-24)44(42,43)41-23-32(29-21-38-40(22-29)25(2)26-6-4-3-5-7-26)31-18-28(20-37-34(31)41)27-10-13-33(36-19-27)39-16-14-35-15-17-39/h3-13,18-23,25,35H,14-17H2,1-2H3. The van der Waals surface area contributed by atoms with Gasteiger partial charge in [-0.1, -0.05) is 48.0 Å². The Bertz CT molecular complexity index is 2030. The predicted molar refractivity (Wildman–Crippen MR) is 173 cm³/mol. The van der Waals surface area contributed by atoms with Gasteiger partial charge >= 0.3 is 0 Å². The minimum absolute atomic E-state index is 0.00329. The van der Waals surface area contributed by atoms with Crippen molar-refractivity contribution in [3.63, 3.8) is 0 Å². The van der Waals surface area contributed by atoms with Gasteiger partial charge in [-0.05, 0) is 49.7 Å². The zero-order chi connectivity index (χ0) is 30.3. The van der Waals surface area contributed by atoms with E-state index in [9.17, 15) is 8.42 Å². The first kappa shape index (κ1) is 28.0. The highest BCUT2D eigenvalue weighted by Crippen LogP contribution is 2.35. The van der Waals surface area contributed by atoms with E-state index in [1.807, 2.05) is 60.4 Å². The van der Waals surface area contributed by atoms with Crippen molar-refractivity contribution in [2.45, 2.75) is 24.8 Å². The number of pyridine rings is 2. The molecule has 1 fully saturated rings. The number of hydrogen-bond acceptors (Lipinski definition) is 7. The van der Waals surface area contributed by atoms with Crippen LogP contribution >= 0.6 is 0 Å². The molecule has 4 aromatic heterocycles. The Labute approximate surface area is 256 Å². The van der Waals surface area contributed by atoms with Crippen LogP contribution in [0.2, 0.25) is 0 Å². The number of benzene rings is 2. The molecule has 6 aromatic rings. The van der Waals surface area contributed by atoms with Crippen LogP contribution < -0.4 is 10.2 Å². The third kappa shape index (κ3) is 5.16. The van der Waals surface area contributed by atoms with E-state index in [4.69, 9.17) is 9.97 Å². The number of nitrogens with one attached hydrogen (secondary N) is 1. The summed E-state index contributed by atoms with van der Waals surface area (Å²) in [6.07, 6.45) is 8.99. The number of hydrogen-bond donors (Lipinski definition) is 1. The third-order valence-corrected chi connectivity index (χ3v) is 9.97. The normalized spacial score (nSPS) is 14.6. The largest absolute Gasteiger partial charge is 0.354 e. The predicted octanol–water partition coefficient (Wildman–Crippen LogP) is 5.53. The van der Waals surface area contributed by atoms with Gasteiger partial charge in [0.2, 0.25) is 0 Å². The number of nitrogens with zero attached hydrogens (tertiary/aromatic N) is 6. The highest BCUT2D eigenvalue weighted by Gasteiger charge is 2.24. The van der Waals surface area contributed by atoms with Crippen LogP contribution in [-0.2, 0) is 10.0 Å². The molecule has 10 heteroatoms. The van der Waals surface area contributed by atoms with Gasteiger partial charge in [-0.3, -0.25) is 4.68 Å². The Kier molecular flexibility index (Phi) is 7.23. The number of fused-ring (bicyclic) bond motifs is 1. The van der Waals surface area contributed by atoms with Crippen molar-refractivity contribution in [3.8, 4) is 22.3 Å². The number of aryl methyl sites for hydroxylation is 1. The molecule has 1 aliphatic heterocycles. The second kappa shape index (κ2) is 11.4. The van der Waals surface area contributed by atoms with Crippen LogP contribution in [-0.4, -0.2) is 58.3 Å². The van der Waals surface area contributed by atoms with Crippen LogP contribution in [0.15, 0.2) is 109 Å². The van der Waals surface area contributed by atoms with Gasteiger partial charge in [0.15, 0.2) is 5.65 Å². The van der Waals surface area contributed by atoms with Gasteiger partial charge < -0.3 is 10.2 Å². The summed E-state index contributed by atoms with van der Waals surface area (Å²) in [5, 5.41) is 8.76. The molecular weight excluding hydrogens is 570 g/mol. The zero-order valence-corrected chi connectivity index (χ0v) is 25.4. The van der Waals surface area contributed by atoms with Crippen molar-refractivity contribution in [3.05, 3.63) is 115 Å². The fourth-order valence-electron chi connectivity index (χ4n) is 5.69. The van der Waals surface area contributed by atoms with Crippen LogP contribution in [0.25, 0.3) is 33.3 Å². The fraction of sp³-hybridized carbons (Fsp3) is 0.206. The van der Waals surface area contributed by atoms with Crippen molar-refractivity contribution in [1.82, 2.24) is 29.0 Å². The summed E-state index contributed by atoms with van der Waals surface area (Å²) in [5.41, 5.74) is 5.79. The molecule has 5 heterocycles. The maximum absolute atomic E-state index is 13.9. The van der Waals surface area contributed by atoms with Crippen molar-refractivity contribution < 1.29 is 8.42 Å². The molecule has 0 radical (unpaired) electrons. The number of piperazine rings is 1. The minimum Gasteiger partial charge on any atom is -0.354 e. The highest BCUT2D eigenvalue weighted by molar-refractivity contribution is 7.90. The molecule has 0 aliphatic carbocycles. The van der Waals surface area contributed by atoms with E-state index in [0.29, 0.717) is 5.65 Å². The first-order chi connectivity index (χ1) is 21.4. The van der Waals surface area contributed by atoms with E-state index in [0.717, 1.165) is 70.8 Å². The quantitative estimate of drug-likeness (QED) is 0.256. The Morgan fingerprint density at radius 3 is 2.30 bits per heavy atom. The Balaban J connectivity index is 1.33.